The number of benzene rings is 1. The van der Waals surface area contributed by atoms with E-state index < -0.39 is 0 Å². The molecule has 2 saturated heterocycles. The van der Waals surface area contributed by atoms with Gasteiger partial charge in [0.05, 0.1) is 6.04 Å². The van der Waals surface area contributed by atoms with E-state index in [1.165, 1.54) is 11.1 Å². The maximum absolute atomic E-state index is 12.6. The Hall–Kier alpha value is -1.35. The Bertz CT molecular complexity index is 494. The molecular weight excluding hydrogens is 248 g/mol. The van der Waals surface area contributed by atoms with Gasteiger partial charge < -0.3 is 10.2 Å². The molecular formula is C17H24N2O. The molecule has 3 heteroatoms. The summed E-state index contributed by atoms with van der Waals surface area (Å²) in [5.74, 6) is 0.808. The summed E-state index contributed by atoms with van der Waals surface area (Å²) < 4.78 is 0. The molecule has 2 heterocycles. The van der Waals surface area contributed by atoms with E-state index in [-0.39, 0.29) is 6.04 Å². The average molecular weight is 272 g/mol. The Morgan fingerprint density at radius 1 is 1.35 bits per heavy atom. The first-order chi connectivity index (χ1) is 9.66. The molecule has 0 saturated carbocycles. The second-order valence-corrected chi connectivity index (χ2v) is 6.28. The summed E-state index contributed by atoms with van der Waals surface area (Å²) in [4.78, 5) is 14.7. The molecule has 3 nitrogen and oxygen atoms in total. The maximum atomic E-state index is 12.6. The minimum absolute atomic E-state index is 0.0630. The molecule has 3 atom stereocenters. The Morgan fingerprint density at radius 2 is 2.15 bits per heavy atom. The SMILES string of the molecule is Cc1ccccc1C1CC(C)N(C(=O)C2CCCN2)C1. The molecule has 0 bridgehead atoms. The zero-order valence-electron chi connectivity index (χ0n) is 12.4. The normalized spacial score (nSPS) is 29.9. The van der Waals surface area contributed by atoms with E-state index in [4.69, 9.17) is 0 Å². The van der Waals surface area contributed by atoms with Crippen molar-refractivity contribution in [3.8, 4) is 0 Å². The highest BCUT2D eigenvalue weighted by Gasteiger charge is 2.37. The van der Waals surface area contributed by atoms with Crippen molar-refractivity contribution in [2.24, 2.45) is 0 Å². The van der Waals surface area contributed by atoms with E-state index >= 15 is 0 Å². The van der Waals surface area contributed by atoms with Gasteiger partial charge in [0.2, 0.25) is 5.91 Å². The lowest BCUT2D eigenvalue weighted by atomic mass is 9.93. The van der Waals surface area contributed by atoms with Crippen LogP contribution in [-0.2, 0) is 4.79 Å². The van der Waals surface area contributed by atoms with E-state index in [0.29, 0.717) is 17.9 Å². The number of hydrogen-bond donors (Lipinski definition) is 1. The molecule has 0 aromatic heterocycles. The standard InChI is InChI=1S/C17H24N2O/c1-12-6-3-4-7-15(12)14-10-13(2)19(11-14)17(20)16-8-5-9-18-16/h3-4,6-7,13-14,16,18H,5,8-11H2,1-2H3. The van der Waals surface area contributed by atoms with Crippen LogP contribution < -0.4 is 5.32 Å². The van der Waals surface area contributed by atoms with Crippen LogP contribution in [0, 0.1) is 6.92 Å². The lowest BCUT2D eigenvalue weighted by Crippen LogP contribution is -2.45. The smallest absolute Gasteiger partial charge is 0.239 e. The fourth-order valence-corrected chi connectivity index (χ4v) is 3.70. The van der Waals surface area contributed by atoms with Crippen LogP contribution in [0.2, 0.25) is 0 Å². The monoisotopic (exact) mass is 272 g/mol. The van der Waals surface area contributed by atoms with Gasteiger partial charge in [0, 0.05) is 18.5 Å². The second kappa shape index (κ2) is 5.57. The molecule has 2 fully saturated rings. The number of nitrogens with one attached hydrogen (secondary N) is 1. The molecule has 1 N–H and O–H groups in total. The second-order valence-electron chi connectivity index (χ2n) is 6.28. The van der Waals surface area contributed by atoms with E-state index in [2.05, 4.69) is 48.3 Å². The zero-order valence-corrected chi connectivity index (χ0v) is 12.4. The molecule has 3 rings (SSSR count). The van der Waals surface area contributed by atoms with E-state index in [9.17, 15) is 4.79 Å². The highest BCUT2D eigenvalue weighted by atomic mass is 16.2. The van der Waals surface area contributed by atoms with Crippen molar-refractivity contribution in [1.82, 2.24) is 10.2 Å². The number of hydrogen-bond acceptors (Lipinski definition) is 2. The molecule has 20 heavy (non-hydrogen) atoms. The summed E-state index contributed by atoms with van der Waals surface area (Å²) in [6, 6.07) is 9.00. The highest BCUT2D eigenvalue weighted by molar-refractivity contribution is 5.83. The van der Waals surface area contributed by atoms with Crippen molar-refractivity contribution in [3.05, 3.63) is 35.4 Å². The van der Waals surface area contributed by atoms with Crippen LogP contribution in [0.25, 0.3) is 0 Å². The van der Waals surface area contributed by atoms with Crippen LogP contribution >= 0.6 is 0 Å². The van der Waals surface area contributed by atoms with Gasteiger partial charge >= 0.3 is 0 Å². The molecule has 1 aromatic rings. The van der Waals surface area contributed by atoms with Gasteiger partial charge in [-0.3, -0.25) is 4.79 Å². The number of aryl methyl sites for hydroxylation is 1. The van der Waals surface area contributed by atoms with Crippen LogP contribution in [0.1, 0.15) is 43.2 Å². The molecule has 2 aliphatic heterocycles. The molecule has 3 unspecified atom stereocenters. The quantitative estimate of drug-likeness (QED) is 0.897. The van der Waals surface area contributed by atoms with Crippen molar-refractivity contribution in [3.63, 3.8) is 0 Å². The van der Waals surface area contributed by atoms with Crippen molar-refractivity contribution in [2.45, 2.75) is 51.1 Å². The summed E-state index contributed by atoms with van der Waals surface area (Å²) in [7, 11) is 0. The third-order valence-corrected chi connectivity index (χ3v) is 4.84. The van der Waals surface area contributed by atoms with Crippen molar-refractivity contribution < 1.29 is 4.79 Å². The van der Waals surface area contributed by atoms with Gasteiger partial charge in [-0.15, -0.1) is 0 Å². The molecule has 0 radical (unpaired) electrons. The van der Waals surface area contributed by atoms with Gasteiger partial charge in [0.1, 0.15) is 0 Å². The van der Waals surface area contributed by atoms with E-state index in [1.54, 1.807) is 0 Å². The molecule has 108 valence electrons. The average Bonchev–Trinajstić information content (AvgIpc) is 3.08. The zero-order chi connectivity index (χ0) is 14.1. The largest absolute Gasteiger partial charge is 0.338 e. The van der Waals surface area contributed by atoms with Crippen molar-refractivity contribution >= 4 is 5.91 Å². The van der Waals surface area contributed by atoms with Crippen molar-refractivity contribution in [1.29, 1.82) is 0 Å². The van der Waals surface area contributed by atoms with Crippen LogP contribution in [0.5, 0.6) is 0 Å². The van der Waals surface area contributed by atoms with Crippen LogP contribution in [0.3, 0.4) is 0 Å². The van der Waals surface area contributed by atoms with Crippen molar-refractivity contribution in [2.75, 3.05) is 13.1 Å². The number of amides is 1. The van der Waals surface area contributed by atoms with Gasteiger partial charge in [0.15, 0.2) is 0 Å². The fraction of sp³-hybridized carbons (Fsp3) is 0.588. The van der Waals surface area contributed by atoms with E-state index in [0.717, 1.165) is 32.4 Å². The minimum atomic E-state index is 0.0630. The summed E-state index contributed by atoms with van der Waals surface area (Å²) in [5, 5.41) is 3.33. The number of nitrogens with zero attached hydrogens (tertiary/aromatic N) is 1. The number of rotatable bonds is 2. The maximum Gasteiger partial charge on any atom is 0.239 e. The molecule has 0 spiro atoms. The summed E-state index contributed by atoms with van der Waals surface area (Å²) in [5.41, 5.74) is 2.76. The van der Waals surface area contributed by atoms with Gasteiger partial charge in [-0.05, 0) is 50.8 Å². The first kappa shape index (κ1) is 13.6. The van der Waals surface area contributed by atoms with Crippen LogP contribution in [0.15, 0.2) is 24.3 Å². The highest BCUT2D eigenvalue weighted by Crippen LogP contribution is 2.33. The Labute approximate surface area is 121 Å². The third-order valence-electron chi connectivity index (χ3n) is 4.84. The number of likely N-dealkylation sites (tertiary alicyclic amines) is 1. The Balaban J connectivity index is 1.73. The van der Waals surface area contributed by atoms with Gasteiger partial charge in [-0.2, -0.15) is 0 Å². The number of carbonyl (C=O) groups excluding carboxylic acids is 1. The predicted molar refractivity (Wildman–Crippen MR) is 80.7 cm³/mol. The van der Waals surface area contributed by atoms with Gasteiger partial charge in [-0.1, -0.05) is 24.3 Å². The molecule has 2 aliphatic rings. The van der Waals surface area contributed by atoms with Gasteiger partial charge in [-0.25, -0.2) is 0 Å². The predicted octanol–water partition coefficient (Wildman–Crippen LogP) is 2.45. The first-order valence-electron chi connectivity index (χ1n) is 7.76. The molecule has 1 aromatic carbocycles. The van der Waals surface area contributed by atoms with E-state index in [1.807, 2.05) is 0 Å². The minimum Gasteiger partial charge on any atom is -0.338 e. The molecule has 1 amide bonds. The fourth-order valence-electron chi connectivity index (χ4n) is 3.70. The number of carbonyl (C=O) groups is 1. The Morgan fingerprint density at radius 3 is 2.85 bits per heavy atom. The van der Waals surface area contributed by atoms with Crippen LogP contribution in [0.4, 0.5) is 0 Å². The third kappa shape index (κ3) is 2.47. The lowest BCUT2D eigenvalue weighted by molar-refractivity contribution is -0.133. The lowest BCUT2D eigenvalue weighted by Gasteiger charge is -2.25. The Kier molecular flexibility index (Phi) is 3.79. The summed E-state index contributed by atoms with van der Waals surface area (Å²) in [6.07, 6.45) is 3.21. The summed E-state index contributed by atoms with van der Waals surface area (Å²) in [6.45, 7) is 6.22. The topological polar surface area (TPSA) is 32.3 Å². The summed E-state index contributed by atoms with van der Waals surface area (Å²) >= 11 is 0. The first-order valence-corrected chi connectivity index (χ1v) is 7.76. The van der Waals surface area contributed by atoms with Crippen LogP contribution in [-0.4, -0.2) is 36.0 Å². The molecule has 0 aliphatic carbocycles. The van der Waals surface area contributed by atoms with Gasteiger partial charge in [0.25, 0.3) is 0 Å².